The summed E-state index contributed by atoms with van der Waals surface area (Å²) in [6.07, 6.45) is 30.7. The number of piperidine rings is 1. The molecular formula is C63H85N5O5. The fourth-order valence-electron chi connectivity index (χ4n) is 14.2. The Kier molecular flexibility index (Phi) is 18.6. The summed E-state index contributed by atoms with van der Waals surface area (Å²) in [6, 6.07) is 23.8. The second-order valence-corrected chi connectivity index (χ2v) is 23.0. The molecule has 0 aromatic heterocycles. The number of hydrogen-bond acceptors (Lipinski definition) is 10. The van der Waals surface area contributed by atoms with Crippen LogP contribution in [-0.4, -0.2) is 79.4 Å². The van der Waals surface area contributed by atoms with Crippen molar-refractivity contribution in [1.29, 1.82) is 0 Å². The average Bonchev–Trinajstić information content (AvgIpc) is 3.82. The van der Waals surface area contributed by atoms with Crippen molar-refractivity contribution in [3.05, 3.63) is 136 Å². The number of ether oxygens (including phenoxy) is 1. The minimum atomic E-state index is -0.304. The number of aromatic hydroxyl groups is 1. The molecule has 0 amide bonds. The zero-order chi connectivity index (χ0) is 50.6. The molecular weight excluding hydrogens is 907 g/mol. The predicted molar refractivity (Wildman–Crippen MR) is 294 cm³/mol. The predicted octanol–water partition coefficient (Wildman–Crippen LogP) is 9.62. The number of phenolic OH excluding ortho intramolecular Hbond substituents is 1. The smallest absolute Gasteiger partial charge is 0.163 e. The molecule has 73 heavy (non-hydrogen) atoms. The number of methoxy groups -OCH3 is 1. The molecule has 9 rings (SSSR count). The molecule has 0 spiro atoms. The van der Waals surface area contributed by atoms with E-state index in [4.69, 9.17) is 10.5 Å². The third-order valence-electron chi connectivity index (χ3n) is 18.0. The Morgan fingerprint density at radius 2 is 1.74 bits per heavy atom. The number of hydrogen-bond donors (Lipinski definition) is 7. The zero-order valence-electron chi connectivity index (χ0n) is 43.7. The highest BCUT2D eigenvalue weighted by Crippen LogP contribution is 2.53. The van der Waals surface area contributed by atoms with Crippen LogP contribution in [-0.2, 0) is 35.3 Å². The highest BCUT2D eigenvalue weighted by atomic mass is 16.5. The van der Waals surface area contributed by atoms with E-state index in [1.54, 1.807) is 18.2 Å². The van der Waals surface area contributed by atoms with E-state index in [1.807, 2.05) is 6.20 Å². The van der Waals surface area contributed by atoms with Crippen LogP contribution in [0, 0.1) is 35.0 Å². The monoisotopic (exact) mass is 992 g/mol. The first-order chi connectivity index (χ1) is 35.6. The Morgan fingerprint density at radius 3 is 2.56 bits per heavy atom. The number of aliphatic hydroxyl groups is 1. The van der Waals surface area contributed by atoms with Crippen molar-refractivity contribution < 1.29 is 24.5 Å². The van der Waals surface area contributed by atoms with Gasteiger partial charge in [0.15, 0.2) is 17.3 Å². The number of dihydropyridines is 1. The molecule has 3 aromatic rings. The van der Waals surface area contributed by atoms with Crippen LogP contribution in [0.5, 0.6) is 11.5 Å². The molecule has 0 radical (unpaired) electrons. The van der Waals surface area contributed by atoms with E-state index < -0.39 is 0 Å². The van der Waals surface area contributed by atoms with E-state index in [0.29, 0.717) is 66.8 Å². The highest BCUT2D eigenvalue weighted by Gasteiger charge is 2.49. The number of fused-ring (bicyclic) bond motifs is 2. The number of rotatable bonds is 23. The summed E-state index contributed by atoms with van der Waals surface area (Å²) in [5.41, 5.74) is 14.2. The van der Waals surface area contributed by atoms with Crippen LogP contribution in [0.1, 0.15) is 131 Å². The van der Waals surface area contributed by atoms with Gasteiger partial charge in [-0.25, -0.2) is 0 Å². The summed E-state index contributed by atoms with van der Waals surface area (Å²) in [5.74, 6) is 3.09. The van der Waals surface area contributed by atoms with Crippen LogP contribution in [0.4, 0.5) is 0 Å². The number of Topliss-reactive ketones (excluding diaryl/α,β-unsaturated/α-hetero) is 1. The molecule has 1 saturated heterocycles. The molecule has 10 nitrogen and oxygen atoms in total. The van der Waals surface area contributed by atoms with E-state index in [0.717, 1.165) is 113 Å². The maximum Gasteiger partial charge on any atom is 0.163 e. The Bertz CT molecular complexity index is 2440. The van der Waals surface area contributed by atoms with Gasteiger partial charge in [0.1, 0.15) is 5.78 Å². The van der Waals surface area contributed by atoms with Crippen molar-refractivity contribution in [2.45, 2.75) is 153 Å². The quantitative estimate of drug-likeness (QED) is 0.0277. The number of phenols is 1. The first kappa shape index (κ1) is 53.0. The third kappa shape index (κ3) is 14.3. The fourth-order valence-corrected chi connectivity index (χ4v) is 14.2. The van der Waals surface area contributed by atoms with Gasteiger partial charge in [-0.2, -0.15) is 0 Å². The lowest BCUT2D eigenvalue weighted by Gasteiger charge is -2.52. The number of allylic oxidation sites excluding steroid dienone is 3. The van der Waals surface area contributed by atoms with Crippen LogP contribution in [0.2, 0.25) is 0 Å². The summed E-state index contributed by atoms with van der Waals surface area (Å²) in [7, 11) is 1.52. The van der Waals surface area contributed by atoms with Crippen molar-refractivity contribution in [2.75, 3.05) is 33.3 Å². The number of nitrogens with one attached hydrogen (secondary N) is 4. The van der Waals surface area contributed by atoms with Crippen molar-refractivity contribution in [2.24, 2.45) is 40.7 Å². The van der Waals surface area contributed by atoms with Gasteiger partial charge in [0, 0.05) is 37.8 Å². The molecule has 3 aromatic carbocycles. The first-order valence-corrected chi connectivity index (χ1v) is 28.3. The maximum atomic E-state index is 13.7. The second kappa shape index (κ2) is 25.6. The molecule has 9 atom stereocenters. The van der Waals surface area contributed by atoms with Gasteiger partial charge >= 0.3 is 0 Å². The number of aryl methyl sites for hydroxylation is 3. The van der Waals surface area contributed by atoms with E-state index >= 15 is 0 Å². The molecule has 8 N–H and O–H groups in total. The molecule has 3 saturated carbocycles. The van der Waals surface area contributed by atoms with Crippen molar-refractivity contribution in [1.82, 2.24) is 21.3 Å². The van der Waals surface area contributed by atoms with Gasteiger partial charge in [-0.1, -0.05) is 92.1 Å². The van der Waals surface area contributed by atoms with E-state index in [9.17, 15) is 19.8 Å². The van der Waals surface area contributed by atoms with E-state index in [1.165, 1.54) is 68.4 Å². The summed E-state index contributed by atoms with van der Waals surface area (Å²) >= 11 is 0. The van der Waals surface area contributed by atoms with E-state index in [2.05, 4.69) is 94.1 Å². The standard InChI is InChI=1S/C63H85N5O5/c1-73-60-35-47(50(34-58(60)71)33-51-41-68-61(64)36-48(51)22-21-45-14-8-13-44(31-45)20-19-43-11-4-2-5-12-43)23-24-55(70)37-54(69)18-9-27-63(28-25-53(38-63)67-42-59(72)46-15-6-3-7-16-46)39-57-56-26-30-65-40-52(56)32-49-17-10-29-66-62(49)57/h2,4-5,8,10-14,17,23-24,31,34-36,41,46,49,52-53,56-57,59,61-62,65-68,71-72H,3,6-7,9,15-16,18-22,25-30,32-33,37-40,42,64H2,1H3. The number of carbonyl (C=O) groups excluding carboxylic acids is 2. The number of benzene rings is 3. The molecule has 4 fully saturated rings. The molecule has 3 aliphatic carbocycles. The van der Waals surface area contributed by atoms with Gasteiger partial charge in [-0.05, 0) is 208 Å². The van der Waals surface area contributed by atoms with Crippen molar-refractivity contribution in [3.8, 4) is 11.5 Å². The van der Waals surface area contributed by atoms with Gasteiger partial charge in [0.05, 0.1) is 25.8 Å². The Labute approximate surface area is 436 Å². The Morgan fingerprint density at radius 1 is 0.945 bits per heavy atom. The minimum absolute atomic E-state index is 0.0156. The van der Waals surface area contributed by atoms with Crippen LogP contribution >= 0.6 is 0 Å². The minimum Gasteiger partial charge on any atom is -0.504 e. The summed E-state index contributed by atoms with van der Waals surface area (Å²) in [6.45, 7) is 3.82. The zero-order valence-corrected chi connectivity index (χ0v) is 43.7. The topological polar surface area (TPSA) is 158 Å². The van der Waals surface area contributed by atoms with Gasteiger partial charge in [0.2, 0.25) is 0 Å². The summed E-state index contributed by atoms with van der Waals surface area (Å²) in [5, 5.41) is 37.0. The normalized spacial score (nSPS) is 27.6. The van der Waals surface area contributed by atoms with E-state index in [-0.39, 0.29) is 41.4 Å². The van der Waals surface area contributed by atoms with Gasteiger partial charge < -0.3 is 42.0 Å². The van der Waals surface area contributed by atoms with Gasteiger partial charge in [-0.15, -0.1) is 0 Å². The lowest BCUT2D eigenvalue weighted by Crippen LogP contribution is -2.56. The molecule has 3 aliphatic heterocycles. The molecule has 0 bridgehead atoms. The van der Waals surface area contributed by atoms with Gasteiger partial charge in [0.25, 0.3) is 0 Å². The van der Waals surface area contributed by atoms with Crippen molar-refractivity contribution >= 4 is 17.6 Å². The first-order valence-electron chi connectivity index (χ1n) is 28.3. The van der Waals surface area contributed by atoms with Crippen molar-refractivity contribution in [3.63, 3.8) is 0 Å². The molecule has 10 heteroatoms. The number of nitrogens with two attached hydrogens (primary N) is 1. The van der Waals surface area contributed by atoms with Gasteiger partial charge in [-0.3, -0.25) is 9.59 Å². The lowest BCUT2D eigenvalue weighted by atomic mass is 9.57. The highest BCUT2D eigenvalue weighted by molar-refractivity contribution is 6.06. The van der Waals surface area contributed by atoms with Crippen LogP contribution in [0.15, 0.2) is 108 Å². The number of aliphatic hydroxyl groups excluding tert-OH is 1. The molecule has 392 valence electrons. The van der Waals surface area contributed by atoms with Crippen LogP contribution in [0.25, 0.3) is 6.08 Å². The number of ketones is 2. The second-order valence-electron chi connectivity index (χ2n) is 23.0. The summed E-state index contributed by atoms with van der Waals surface area (Å²) in [4.78, 5) is 27.3. The van der Waals surface area contributed by atoms with Crippen LogP contribution in [0.3, 0.4) is 0 Å². The largest absolute Gasteiger partial charge is 0.504 e. The molecule has 3 heterocycles. The summed E-state index contributed by atoms with van der Waals surface area (Å²) < 4.78 is 5.52. The maximum absolute atomic E-state index is 13.7. The Balaban J connectivity index is 0.822. The van der Waals surface area contributed by atoms with Crippen LogP contribution < -0.4 is 31.7 Å². The SMILES string of the molecule is COc1cc(C=CC(=O)CC(=O)CCCC2(CC3C4CCNCC4CC4C=CCNC43)CCC(NCC(O)C3CCCCC3)C2)c(CC2=CNC(N)C=C2CCc2cccc(CCc3ccccc3)c2)cc1O. The lowest BCUT2D eigenvalue weighted by molar-refractivity contribution is -0.124. The fraction of sp³-hybridized carbons (Fsp3) is 0.556. The average molecular weight is 992 g/mol. The number of carbonyl (C=O) groups is 2. The Hall–Kier alpha value is -4.84. The molecule has 6 aliphatic rings. The third-order valence-corrected chi connectivity index (χ3v) is 18.0. The molecule has 9 unspecified atom stereocenters.